The number of nitrogens with zero attached hydrogens (tertiary/aromatic N) is 2. The standard InChI is InChI=1S/C16H22N4O/c1-4-13-14(17)15(19-18-13)16(21)20(5-2)10-12-9-7-6-8-11(12)3/h6-9H,4-5,10,17H2,1-3H3,(H,18,19). The number of benzene rings is 1. The van der Waals surface area contributed by atoms with E-state index < -0.39 is 0 Å². The van der Waals surface area contributed by atoms with Gasteiger partial charge in [-0.05, 0) is 31.4 Å². The Morgan fingerprint density at radius 2 is 2.05 bits per heavy atom. The molecular formula is C16H22N4O. The normalized spacial score (nSPS) is 10.6. The van der Waals surface area contributed by atoms with Crippen LogP contribution >= 0.6 is 0 Å². The van der Waals surface area contributed by atoms with E-state index >= 15 is 0 Å². The zero-order valence-electron chi connectivity index (χ0n) is 12.8. The van der Waals surface area contributed by atoms with Crippen LogP contribution in [0.1, 0.15) is 41.2 Å². The van der Waals surface area contributed by atoms with E-state index in [0.717, 1.165) is 17.7 Å². The van der Waals surface area contributed by atoms with Crippen LogP contribution in [0.4, 0.5) is 5.69 Å². The number of amides is 1. The maximum Gasteiger partial charge on any atom is 0.276 e. The summed E-state index contributed by atoms with van der Waals surface area (Å²) >= 11 is 0. The monoisotopic (exact) mass is 286 g/mol. The van der Waals surface area contributed by atoms with Crippen molar-refractivity contribution >= 4 is 11.6 Å². The third-order valence-corrected chi connectivity index (χ3v) is 3.73. The number of carbonyl (C=O) groups excluding carboxylic acids is 1. The van der Waals surface area contributed by atoms with Crippen molar-refractivity contribution in [2.45, 2.75) is 33.7 Å². The Morgan fingerprint density at radius 3 is 2.62 bits per heavy atom. The first kappa shape index (κ1) is 15.1. The van der Waals surface area contributed by atoms with E-state index in [4.69, 9.17) is 5.73 Å². The molecule has 0 aliphatic heterocycles. The molecule has 2 aromatic rings. The fraction of sp³-hybridized carbons (Fsp3) is 0.375. The SMILES string of the molecule is CCc1[nH]nc(C(=O)N(CC)Cc2ccccc2C)c1N. The molecule has 3 N–H and O–H groups in total. The molecule has 21 heavy (non-hydrogen) atoms. The highest BCUT2D eigenvalue weighted by Crippen LogP contribution is 2.18. The zero-order valence-corrected chi connectivity index (χ0v) is 12.8. The second-order valence-corrected chi connectivity index (χ2v) is 5.06. The lowest BCUT2D eigenvalue weighted by molar-refractivity contribution is 0.0747. The van der Waals surface area contributed by atoms with Crippen LogP contribution in [-0.2, 0) is 13.0 Å². The number of nitrogen functional groups attached to an aromatic ring is 1. The van der Waals surface area contributed by atoms with Gasteiger partial charge >= 0.3 is 0 Å². The Labute approximate surface area is 125 Å². The molecule has 0 saturated heterocycles. The molecule has 0 radical (unpaired) electrons. The molecule has 0 saturated carbocycles. The predicted octanol–water partition coefficient (Wildman–Crippen LogP) is 2.53. The van der Waals surface area contributed by atoms with E-state index in [2.05, 4.69) is 10.2 Å². The molecule has 1 aromatic heterocycles. The van der Waals surface area contributed by atoms with Gasteiger partial charge in [-0.25, -0.2) is 0 Å². The van der Waals surface area contributed by atoms with Crippen LogP contribution in [0.5, 0.6) is 0 Å². The molecule has 0 spiro atoms. The molecule has 5 heteroatoms. The van der Waals surface area contributed by atoms with Crippen LogP contribution < -0.4 is 5.73 Å². The summed E-state index contributed by atoms with van der Waals surface area (Å²) in [5, 5.41) is 6.91. The number of rotatable bonds is 5. The second kappa shape index (κ2) is 6.43. The molecule has 1 amide bonds. The first-order valence-electron chi connectivity index (χ1n) is 7.24. The smallest absolute Gasteiger partial charge is 0.276 e. The average molecular weight is 286 g/mol. The van der Waals surface area contributed by atoms with Crippen molar-refractivity contribution < 1.29 is 4.79 Å². The number of aromatic amines is 1. The number of aromatic nitrogens is 2. The first-order chi connectivity index (χ1) is 10.1. The summed E-state index contributed by atoms with van der Waals surface area (Å²) < 4.78 is 0. The average Bonchev–Trinajstić information content (AvgIpc) is 2.86. The van der Waals surface area contributed by atoms with Gasteiger partial charge < -0.3 is 10.6 Å². The van der Waals surface area contributed by atoms with Gasteiger partial charge in [0.2, 0.25) is 0 Å². The quantitative estimate of drug-likeness (QED) is 0.887. The van der Waals surface area contributed by atoms with Crippen molar-refractivity contribution in [3.05, 3.63) is 46.8 Å². The first-order valence-corrected chi connectivity index (χ1v) is 7.24. The summed E-state index contributed by atoms with van der Waals surface area (Å²) in [7, 11) is 0. The van der Waals surface area contributed by atoms with Crippen molar-refractivity contribution in [1.29, 1.82) is 0 Å². The van der Waals surface area contributed by atoms with E-state index in [1.807, 2.05) is 45.0 Å². The molecule has 1 aromatic carbocycles. The molecule has 1 heterocycles. The molecule has 0 fully saturated rings. The Balaban J connectivity index is 2.23. The fourth-order valence-electron chi connectivity index (χ4n) is 2.29. The van der Waals surface area contributed by atoms with Gasteiger partial charge in [-0.2, -0.15) is 5.10 Å². The van der Waals surface area contributed by atoms with Crippen molar-refractivity contribution in [1.82, 2.24) is 15.1 Å². The molecule has 0 unspecified atom stereocenters. The summed E-state index contributed by atoms with van der Waals surface area (Å²) in [6.07, 6.45) is 0.732. The largest absolute Gasteiger partial charge is 0.395 e. The third kappa shape index (κ3) is 3.07. The van der Waals surface area contributed by atoms with Gasteiger partial charge in [-0.1, -0.05) is 31.2 Å². The Morgan fingerprint density at radius 1 is 1.33 bits per heavy atom. The molecular weight excluding hydrogens is 264 g/mol. The van der Waals surface area contributed by atoms with E-state index in [-0.39, 0.29) is 5.91 Å². The predicted molar refractivity (Wildman–Crippen MR) is 84.0 cm³/mol. The third-order valence-electron chi connectivity index (χ3n) is 3.73. The van der Waals surface area contributed by atoms with Gasteiger partial charge in [-0.15, -0.1) is 0 Å². The fourth-order valence-corrected chi connectivity index (χ4v) is 2.29. The Bertz CT molecular complexity index is 633. The number of nitrogens with two attached hydrogens (primary N) is 1. The number of aryl methyl sites for hydroxylation is 2. The lowest BCUT2D eigenvalue weighted by atomic mass is 10.1. The lowest BCUT2D eigenvalue weighted by Gasteiger charge is -2.21. The van der Waals surface area contributed by atoms with Crippen molar-refractivity contribution in [3.8, 4) is 0 Å². The molecule has 0 aliphatic rings. The summed E-state index contributed by atoms with van der Waals surface area (Å²) in [4.78, 5) is 14.4. The second-order valence-electron chi connectivity index (χ2n) is 5.06. The maximum atomic E-state index is 12.6. The summed E-state index contributed by atoms with van der Waals surface area (Å²) in [5.74, 6) is -0.130. The maximum absolute atomic E-state index is 12.6. The minimum absolute atomic E-state index is 0.130. The Hall–Kier alpha value is -2.30. The molecule has 2 rings (SSSR count). The highest BCUT2D eigenvalue weighted by Gasteiger charge is 2.22. The number of carbonyl (C=O) groups is 1. The van der Waals surface area contributed by atoms with Crippen molar-refractivity contribution in [3.63, 3.8) is 0 Å². The van der Waals surface area contributed by atoms with Gasteiger partial charge in [0.15, 0.2) is 5.69 Å². The highest BCUT2D eigenvalue weighted by molar-refractivity contribution is 5.97. The van der Waals surface area contributed by atoms with Crippen LogP contribution in [0.15, 0.2) is 24.3 Å². The van der Waals surface area contributed by atoms with Crippen LogP contribution in [-0.4, -0.2) is 27.5 Å². The van der Waals surface area contributed by atoms with Crippen LogP contribution in [0, 0.1) is 6.92 Å². The molecule has 5 nitrogen and oxygen atoms in total. The van der Waals surface area contributed by atoms with Gasteiger partial charge in [0.05, 0.1) is 11.4 Å². The Kier molecular flexibility index (Phi) is 4.62. The summed E-state index contributed by atoms with van der Waals surface area (Å²) in [5.41, 5.74) is 9.90. The number of nitrogens with one attached hydrogen (secondary N) is 1. The van der Waals surface area contributed by atoms with Gasteiger partial charge in [0.25, 0.3) is 5.91 Å². The van der Waals surface area contributed by atoms with Gasteiger partial charge in [0, 0.05) is 13.1 Å². The van der Waals surface area contributed by atoms with Crippen LogP contribution in [0.3, 0.4) is 0 Å². The van der Waals surface area contributed by atoms with Crippen LogP contribution in [0.25, 0.3) is 0 Å². The lowest BCUT2D eigenvalue weighted by Crippen LogP contribution is -2.31. The molecule has 0 aliphatic carbocycles. The molecule has 0 bridgehead atoms. The van der Waals surface area contributed by atoms with Gasteiger partial charge in [-0.3, -0.25) is 9.89 Å². The van der Waals surface area contributed by atoms with Gasteiger partial charge in [0.1, 0.15) is 0 Å². The number of hydrogen-bond acceptors (Lipinski definition) is 3. The minimum Gasteiger partial charge on any atom is -0.395 e. The summed E-state index contributed by atoms with van der Waals surface area (Å²) in [6.45, 7) is 7.16. The molecule has 112 valence electrons. The van der Waals surface area contributed by atoms with E-state index in [1.165, 1.54) is 5.56 Å². The van der Waals surface area contributed by atoms with Crippen molar-refractivity contribution in [2.75, 3.05) is 12.3 Å². The topological polar surface area (TPSA) is 75.0 Å². The van der Waals surface area contributed by atoms with E-state index in [1.54, 1.807) is 4.90 Å². The highest BCUT2D eigenvalue weighted by atomic mass is 16.2. The van der Waals surface area contributed by atoms with E-state index in [9.17, 15) is 4.79 Å². The summed E-state index contributed by atoms with van der Waals surface area (Å²) in [6, 6.07) is 8.07. The number of hydrogen-bond donors (Lipinski definition) is 2. The van der Waals surface area contributed by atoms with E-state index in [0.29, 0.717) is 24.5 Å². The number of H-pyrrole nitrogens is 1. The van der Waals surface area contributed by atoms with Crippen LogP contribution in [0.2, 0.25) is 0 Å². The molecule has 0 atom stereocenters. The zero-order chi connectivity index (χ0) is 15.4. The minimum atomic E-state index is -0.130. The number of anilines is 1. The van der Waals surface area contributed by atoms with Crippen molar-refractivity contribution in [2.24, 2.45) is 0 Å².